The highest BCUT2D eigenvalue weighted by Gasteiger charge is 2.28. The Labute approximate surface area is 133 Å². The van der Waals surface area contributed by atoms with Gasteiger partial charge < -0.3 is 4.74 Å². The van der Waals surface area contributed by atoms with E-state index in [1.165, 1.54) is 0 Å². The number of methoxy groups -OCH3 is 1. The monoisotopic (exact) mass is 341 g/mol. The first-order valence-corrected chi connectivity index (χ1v) is 9.19. The lowest BCUT2D eigenvalue weighted by atomic mass is 9.93. The summed E-state index contributed by atoms with van der Waals surface area (Å²) >= 11 is 6.19. The third-order valence-corrected chi connectivity index (χ3v) is 5.94. The number of sulfone groups is 1. The zero-order valence-corrected chi connectivity index (χ0v) is 13.9. The maximum atomic E-state index is 11.6. The van der Waals surface area contributed by atoms with Crippen LogP contribution in [0.25, 0.3) is 11.0 Å². The normalized spacial score (nSPS) is 18.5. The molecule has 0 spiro atoms. The van der Waals surface area contributed by atoms with Gasteiger partial charge in [0.15, 0.2) is 5.65 Å². The molecule has 3 heterocycles. The van der Waals surface area contributed by atoms with Crippen molar-refractivity contribution in [1.29, 1.82) is 0 Å². The van der Waals surface area contributed by atoms with E-state index in [2.05, 4.69) is 15.0 Å². The standard InChI is InChI=1S/C14H16ClN3O3S/c1-8-16-12(15)11-7-10(14(21-2)18-13(11)17-8)9-3-5-22(19,20)6-4-9/h7,9H,3-6H2,1-2H3. The van der Waals surface area contributed by atoms with E-state index in [0.717, 1.165) is 5.56 Å². The quantitative estimate of drug-likeness (QED) is 0.779. The number of aromatic nitrogens is 3. The van der Waals surface area contributed by atoms with Crippen LogP contribution in [0.15, 0.2) is 6.07 Å². The van der Waals surface area contributed by atoms with Crippen LogP contribution in [0.5, 0.6) is 5.88 Å². The van der Waals surface area contributed by atoms with Gasteiger partial charge >= 0.3 is 0 Å². The van der Waals surface area contributed by atoms with Gasteiger partial charge in [0.2, 0.25) is 5.88 Å². The van der Waals surface area contributed by atoms with E-state index >= 15 is 0 Å². The van der Waals surface area contributed by atoms with Crippen molar-refractivity contribution >= 4 is 32.5 Å². The molecule has 6 nitrogen and oxygen atoms in total. The first kappa shape index (κ1) is 15.4. The lowest BCUT2D eigenvalue weighted by Gasteiger charge is -2.23. The molecule has 0 amide bonds. The van der Waals surface area contributed by atoms with Gasteiger partial charge in [0, 0.05) is 5.56 Å². The Morgan fingerprint density at radius 3 is 2.55 bits per heavy atom. The Morgan fingerprint density at radius 2 is 1.91 bits per heavy atom. The van der Waals surface area contributed by atoms with E-state index in [1.54, 1.807) is 14.0 Å². The zero-order chi connectivity index (χ0) is 15.9. The Balaban J connectivity index is 2.09. The van der Waals surface area contributed by atoms with Crippen LogP contribution in [0.3, 0.4) is 0 Å². The lowest BCUT2D eigenvalue weighted by molar-refractivity contribution is 0.387. The van der Waals surface area contributed by atoms with Gasteiger partial charge in [0.05, 0.1) is 24.0 Å². The van der Waals surface area contributed by atoms with Crippen LogP contribution in [-0.2, 0) is 9.84 Å². The zero-order valence-electron chi connectivity index (χ0n) is 12.3. The largest absolute Gasteiger partial charge is 0.481 e. The number of hydrogen-bond acceptors (Lipinski definition) is 6. The molecule has 0 aliphatic carbocycles. The van der Waals surface area contributed by atoms with Gasteiger partial charge in [0.1, 0.15) is 20.8 Å². The van der Waals surface area contributed by atoms with Crippen LogP contribution in [0, 0.1) is 6.92 Å². The lowest BCUT2D eigenvalue weighted by Crippen LogP contribution is -2.22. The number of halogens is 1. The van der Waals surface area contributed by atoms with Crippen molar-refractivity contribution in [3.8, 4) is 5.88 Å². The topological polar surface area (TPSA) is 82.0 Å². The second-order valence-corrected chi connectivity index (χ2v) is 8.11. The van der Waals surface area contributed by atoms with Gasteiger partial charge in [-0.3, -0.25) is 0 Å². The highest BCUT2D eigenvalue weighted by Crippen LogP contribution is 2.36. The predicted octanol–water partition coefficient (Wildman–Crippen LogP) is 2.29. The average Bonchev–Trinajstić information content (AvgIpc) is 2.46. The fourth-order valence-electron chi connectivity index (χ4n) is 2.78. The third kappa shape index (κ3) is 2.87. The Bertz CT molecular complexity index is 825. The number of rotatable bonds is 2. The predicted molar refractivity (Wildman–Crippen MR) is 84.3 cm³/mol. The molecule has 3 rings (SSSR count). The molecule has 22 heavy (non-hydrogen) atoms. The van der Waals surface area contributed by atoms with Crippen molar-refractivity contribution in [1.82, 2.24) is 15.0 Å². The molecule has 0 radical (unpaired) electrons. The van der Waals surface area contributed by atoms with Crippen LogP contribution in [0.4, 0.5) is 0 Å². The van der Waals surface area contributed by atoms with Crippen molar-refractivity contribution in [2.75, 3.05) is 18.6 Å². The third-order valence-electron chi connectivity index (χ3n) is 3.93. The summed E-state index contributed by atoms with van der Waals surface area (Å²) in [5, 5.41) is 1.01. The molecule has 0 unspecified atom stereocenters. The van der Waals surface area contributed by atoms with Crippen molar-refractivity contribution in [2.24, 2.45) is 0 Å². The van der Waals surface area contributed by atoms with Gasteiger partial charge in [-0.1, -0.05) is 11.6 Å². The summed E-state index contributed by atoms with van der Waals surface area (Å²) in [6, 6.07) is 1.88. The summed E-state index contributed by atoms with van der Waals surface area (Å²) in [4.78, 5) is 12.8. The van der Waals surface area contributed by atoms with Crippen molar-refractivity contribution in [3.05, 3.63) is 22.6 Å². The highest BCUT2D eigenvalue weighted by atomic mass is 35.5. The number of nitrogens with zero attached hydrogens (tertiary/aromatic N) is 3. The number of ether oxygens (including phenoxy) is 1. The van der Waals surface area contributed by atoms with E-state index in [4.69, 9.17) is 16.3 Å². The molecule has 0 N–H and O–H groups in total. The van der Waals surface area contributed by atoms with E-state index in [9.17, 15) is 8.42 Å². The summed E-state index contributed by atoms with van der Waals surface area (Å²) < 4.78 is 28.6. The minimum Gasteiger partial charge on any atom is -0.481 e. The molecule has 118 valence electrons. The molecule has 0 bridgehead atoms. The van der Waals surface area contributed by atoms with Crippen LogP contribution >= 0.6 is 11.6 Å². The van der Waals surface area contributed by atoms with E-state index < -0.39 is 9.84 Å². The number of pyridine rings is 1. The molecule has 0 aromatic carbocycles. The number of fused-ring (bicyclic) bond motifs is 1. The summed E-state index contributed by atoms with van der Waals surface area (Å²) in [6.45, 7) is 1.75. The summed E-state index contributed by atoms with van der Waals surface area (Å²) in [5.74, 6) is 1.50. The summed E-state index contributed by atoms with van der Waals surface area (Å²) in [5.41, 5.74) is 1.36. The fourth-order valence-corrected chi connectivity index (χ4v) is 4.53. The van der Waals surface area contributed by atoms with E-state index in [0.29, 0.717) is 40.7 Å². The molecule has 8 heteroatoms. The molecule has 0 atom stereocenters. The van der Waals surface area contributed by atoms with Crippen LogP contribution in [0.1, 0.15) is 30.1 Å². The van der Waals surface area contributed by atoms with Crippen LogP contribution in [0.2, 0.25) is 5.15 Å². The van der Waals surface area contributed by atoms with Gasteiger partial charge in [-0.15, -0.1) is 0 Å². The Hall–Kier alpha value is -1.47. The Morgan fingerprint density at radius 1 is 1.23 bits per heavy atom. The van der Waals surface area contributed by atoms with Crippen molar-refractivity contribution in [2.45, 2.75) is 25.7 Å². The average molecular weight is 342 g/mol. The first-order chi connectivity index (χ1) is 10.4. The molecule has 1 saturated heterocycles. The first-order valence-electron chi connectivity index (χ1n) is 6.99. The van der Waals surface area contributed by atoms with E-state index in [1.807, 2.05) is 6.07 Å². The van der Waals surface area contributed by atoms with Gasteiger partial charge in [-0.05, 0) is 31.7 Å². The molecule has 1 fully saturated rings. The number of aryl methyl sites for hydroxylation is 1. The molecule has 1 aliphatic heterocycles. The summed E-state index contributed by atoms with van der Waals surface area (Å²) in [6.07, 6.45) is 1.13. The molecule has 2 aromatic heterocycles. The van der Waals surface area contributed by atoms with Gasteiger partial charge in [0.25, 0.3) is 0 Å². The molecular formula is C14H16ClN3O3S. The molecular weight excluding hydrogens is 326 g/mol. The minimum atomic E-state index is -2.91. The van der Waals surface area contributed by atoms with Crippen molar-refractivity contribution < 1.29 is 13.2 Å². The molecule has 2 aromatic rings. The fraction of sp³-hybridized carbons (Fsp3) is 0.500. The minimum absolute atomic E-state index is 0.0905. The van der Waals surface area contributed by atoms with Crippen molar-refractivity contribution in [3.63, 3.8) is 0 Å². The Kier molecular flexibility index (Phi) is 3.94. The maximum absolute atomic E-state index is 11.6. The van der Waals surface area contributed by atoms with E-state index in [-0.39, 0.29) is 17.4 Å². The van der Waals surface area contributed by atoms with Gasteiger partial charge in [-0.25, -0.2) is 18.4 Å². The molecule has 1 aliphatic rings. The highest BCUT2D eigenvalue weighted by molar-refractivity contribution is 7.91. The van der Waals surface area contributed by atoms with Gasteiger partial charge in [-0.2, -0.15) is 4.98 Å². The van der Waals surface area contributed by atoms with Crippen LogP contribution in [-0.4, -0.2) is 42.0 Å². The second-order valence-electron chi connectivity index (χ2n) is 5.45. The smallest absolute Gasteiger partial charge is 0.218 e. The van der Waals surface area contributed by atoms with Crippen LogP contribution < -0.4 is 4.74 Å². The molecule has 0 saturated carbocycles. The maximum Gasteiger partial charge on any atom is 0.218 e. The number of hydrogen-bond donors (Lipinski definition) is 0. The summed E-state index contributed by atoms with van der Waals surface area (Å²) in [7, 11) is -1.36. The second kappa shape index (κ2) is 5.62. The SMILES string of the molecule is COc1nc2nc(C)nc(Cl)c2cc1C1CCS(=O)(=O)CC1.